The molecule has 0 radical (unpaired) electrons. The summed E-state index contributed by atoms with van der Waals surface area (Å²) < 4.78 is 0. The van der Waals surface area contributed by atoms with Crippen LogP contribution in [0.25, 0.3) is 0 Å². The first-order valence-electron chi connectivity index (χ1n) is 6.67. The van der Waals surface area contributed by atoms with Gasteiger partial charge in [0.15, 0.2) is 0 Å². The number of nitrogens with zero attached hydrogens (tertiary/aromatic N) is 1. The predicted molar refractivity (Wildman–Crippen MR) is 80.5 cm³/mol. The van der Waals surface area contributed by atoms with E-state index in [9.17, 15) is 5.11 Å². The van der Waals surface area contributed by atoms with Crippen LogP contribution in [0.1, 0.15) is 24.3 Å². The quantitative estimate of drug-likeness (QED) is 0.847. The average molecular weight is 303 g/mol. The van der Waals surface area contributed by atoms with Crippen LogP contribution in [0.5, 0.6) is 5.75 Å². The second-order valence-corrected chi connectivity index (χ2v) is 5.82. The maximum Gasteiger partial charge on any atom is 0.120 e. The lowest BCUT2D eigenvalue weighted by atomic mass is 9.93. The first-order valence-corrected chi connectivity index (χ1v) is 7.43. The molecule has 1 fully saturated rings. The van der Waals surface area contributed by atoms with Crippen molar-refractivity contribution >= 4 is 23.2 Å². The molecule has 1 atom stereocenters. The zero-order valence-corrected chi connectivity index (χ0v) is 12.6. The molecule has 106 valence electrons. The van der Waals surface area contributed by atoms with Gasteiger partial charge >= 0.3 is 0 Å². The summed E-state index contributed by atoms with van der Waals surface area (Å²) in [5.41, 5.74) is 0.768. The number of rotatable bonds is 6. The van der Waals surface area contributed by atoms with E-state index < -0.39 is 0 Å². The lowest BCUT2D eigenvalue weighted by Crippen LogP contribution is -2.38. The number of aromatic hydroxyl groups is 1. The molecule has 3 nitrogen and oxygen atoms in total. The molecule has 0 spiro atoms. The van der Waals surface area contributed by atoms with E-state index in [1.165, 1.54) is 19.5 Å². The van der Waals surface area contributed by atoms with Gasteiger partial charge in [0.05, 0.1) is 10.0 Å². The standard InChI is InChI=1S/C14H20Cl2N2O/c1-17-9-10(5-8-18-6-2-7-18)13-12(19)4-3-11(15)14(13)16/h3-4,10,17,19H,2,5-9H2,1H3/t10-/m1/s1. The molecule has 1 aromatic carbocycles. The van der Waals surface area contributed by atoms with Crippen molar-refractivity contribution in [3.05, 3.63) is 27.7 Å². The van der Waals surface area contributed by atoms with Crippen molar-refractivity contribution in [2.45, 2.75) is 18.8 Å². The van der Waals surface area contributed by atoms with E-state index in [2.05, 4.69) is 10.2 Å². The SMILES string of the molecule is CNC[C@@H](CCN1CCC1)c1c(O)ccc(Cl)c1Cl. The van der Waals surface area contributed by atoms with Gasteiger partial charge in [0.2, 0.25) is 0 Å². The van der Waals surface area contributed by atoms with Crippen molar-refractivity contribution < 1.29 is 5.11 Å². The molecule has 1 saturated heterocycles. The smallest absolute Gasteiger partial charge is 0.120 e. The van der Waals surface area contributed by atoms with Gasteiger partial charge < -0.3 is 15.3 Å². The minimum absolute atomic E-state index is 0.178. The first kappa shape index (κ1) is 14.9. The summed E-state index contributed by atoms with van der Waals surface area (Å²) in [5, 5.41) is 14.2. The average Bonchev–Trinajstić information content (AvgIpc) is 2.32. The third-order valence-corrected chi connectivity index (χ3v) is 4.53. The number of likely N-dealkylation sites (tertiary alicyclic amines) is 1. The maximum atomic E-state index is 10.1. The Kier molecular flexibility index (Phi) is 5.34. The number of likely N-dealkylation sites (N-methyl/N-ethyl adjacent to an activating group) is 1. The van der Waals surface area contributed by atoms with E-state index in [1.54, 1.807) is 12.1 Å². The zero-order valence-electron chi connectivity index (χ0n) is 11.1. The van der Waals surface area contributed by atoms with E-state index in [0.29, 0.717) is 10.0 Å². The number of halogens is 2. The van der Waals surface area contributed by atoms with Gasteiger partial charge in [0.25, 0.3) is 0 Å². The van der Waals surface area contributed by atoms with Crippen LogP contribution in [0.15, 0.2) is 12.1 Å². The second-order valence-electron chi connectivity index (χ2n) is 5.03. The van der Waals surface area contributed by atoms with E-state index in [4.69, 9.17) is 23.2 Å². The van der Waals surface area contributed by atoms with Crippen molar-refractivity contribution in [3.63, 3.8) is 0 Å². The van der Waals surface area contributed by atoms with Gasteiger partial charge in [-0.15, -0.1) is 0 Å². The van der Waals surface area contributed by atoms with Crippen LogP contribution in [-0.2, 0) is 0 Å². The van der Waals surface area contributed by atoms with Gasteiger partial charge in [-0.2, -0.15) is 0 Å². The number of phenols is 1. The number of phenolic OH excluding ortho intramolecular Hbond substituents is 1. The van der Waals surface area contributed by atoms with Crippen molar-refractivity contribution in [3.8, 4) is 5.75 Å². The minimum Gasteiger partial charge on any atom is -0.508 e. The molecule has 1 aliphatic heterocycles. The number of hydrogen-bond acceptors (Lipinski definition) is 3. The van der Waals surface area contributed by atoms with E-state index in [0.717, 1.165) is 25.1 Å². The Balaban J connectivity index is 2.14. The molecule has 19 heavy (non-hydrogen) atoms. The number of nitrogens with one attached hydrogen (secondary N) is 1. The summed E-state index contributed by atoms with van der Waals surface area (Å²) in [6, 6.07) is 3.25. The summed E-state index contributed by atoms with van der Waals surface area (Å²) in [5.74, 6) is 0.412. The largest absolute Gasteiger partial charge is 0.508 e. The number of benzene rings is 1. The normalized spacial score (nSPS) is 17.2. The van der Waals surface area contributed by atoms with Crippen molar-refractivity contribution in [2.75, 3.05) is 33.2 Å². The van der Waals surface area contributed by atoms with E-state index >= 15 is 0 Å². The van der Waals surface area contributed by atoms with Gasteiger partial charge in [-0.25, -0.2) is 0 Å². The molecule has 2 N–H and O–H groups in total. The molecule has 5 heteroatoms. The molecular formula is C14H20Cl2N2O. The Morgan fingerprint density at radius 2 is 2.11 bits per heavy atom. The summed E-state index contributed by atoms with van der Waals surface area (Å²) in [4.78, 5) is 2.41. The molecule has 2 rings (SSSR count). The van der Waals surface area contributed by atoms with Gasteiger partial charge in [-0.1, -0.05) is 23.2 Å². The van der Waals surface area contributed by atoms with Crippen LogP contribution in [0.3, 0.4) is 0 Å². The Bertz CT molecular complexity index is 436. The molecule has 1 aliphatic rings. The summed E-state index contributed by atoms with van der Waals surface area (Å²) in [6.07, 6.45) is 2.26. The zero-order chi connectivity index (χ0) is 13.8. The fourth-order valence-electron chi connectivity index (χ4n) is 2.48. The monoisotopic (exact) mass is 302 g/mol. The summed E-state index contributed by atoms with van der Waals surface area (Å²) in [7, 11) is 1.91. The molecule has 1 heterocycles. The lowest BCUT2D eigenvalue weighted by molar-refractivity contribution is 0.174. The van der Waals surface area contributed by atoms with Gasteiger partial charge in [-0.05, 0) is 51.7 Å². The van der Waals surface area contributed by atoms with E-state index in [-0.39, 0.29) is 11.7 Å². The maximum absolute atomic E-state index is 10.1. The summed E-state index contributed by atoms with van der Waals surface area (Å²) >= 11 is 12.3. The topological polar surface area (TPSA) is 35.5 Å². The van der Waals surface area contributed by atoms with Gasteiger partial charge in [-0.3, -0.25) is 0 Å². The summed E-state index contributed by atoms with van der Waals surface area (Å²) in [6.45, 7) is 4.18. The second kappa shape index (κ2) is 6.80. The Morgan fingerprint density at radius 3 is 2.68 bits per heavy atom. The molecule has 1 aromatic rings. The highest BCUT2D eigenvalue weighted by Crippen LogP contribution is 2.38. The third-order valence-electron chi connectivity index (χ3n) is 3.71. The van der Waals surface area contributed by atoms with Gasteiger partial charge in [0, 0.05) is 18.0 Å². The lowest BCUT2D eigenvalue weighted by Gasteiger charge is -2.32. The van der Waals surface area contributed by atoms with Crippen LogP contribution < -0.4 is 5.32 Å². The van der Waals surface area contributed by atoms with E-state index in [1.807, 2.05) is 7.05 Å². The molecule has 0 saturated carbocycles. The molecule has 0 unspecified atom stereocenters. The highest BCUT2D eigenvalue weighted by molar-refractivity contribution is 6.42. The molecule has 0 amide bonds. The molecular weight excluding hydrogens is 283 g/mol. The Labute approximate surface area is 124 Å². The van der Waals surface area contributed by atoms with Crippen LogP contribution >= 0.6 is 23.2 Å². The Morgan fingerprint density at radius 1 is 1.37 bits per heavy atom. The molecule has 0 bridgehead atoms. The van der Waals surface area contributed by atoms with Crippen molar-refractivity contribution in [1.29, 1.82) is 0 Å². The van der Waals surface area contributed by atoms with Crippen molar-refractivity contribution in [2.24, 2.45) is 0 Å². The minimum atomic E-state index is 0.178. The fourth-order valence-corrected chi connectivity index (χ4v) is 2.96. The number of hydrogen-bond donors (Lipinski definition) is 2. The fraction of sp³-hybridized carbons (Fsp3) is 0.571. The highest BCUT2D eigenvalue weighted by Gasteiger charge is 2.22. The van der Waals surface area contributed by atoms with Crippen LogP contribution in [0.2, 0.25) is 10.0 Å². The molecule has 0 aliphatic carbocycles. The van der Waals surface area contributed by atoms with Crippen LogP contribution in [-0.4, -0.2) is 43.2 Å². The Hall–Kier alpha value is -0.480. The van der Waals surface area contributed by atoms with Crippen LogP contribution in [0, 0.1) is 0 Å². The van der Waals surface area contributed by atoms with Gasteiger partial charge in [0.1, 0.15) is 5.75 Å². The molecule has 0 aromatic heterocycles. The first-order chi connectivity index (χ1) is 9.13. The van der Waals surface area contributed by atoms with Crippen LogP contribution in [0.4, 0.5) is 0 Å². The highest BCUT2D eigenvalue weighted by atomic mass is 35.5. The van der Waals surface area contributed by atoms with Crippen molar-refractivity contribution in [1.82, 2.24) is 10.2 Å². The third kappa shape index (κ3) is 3.54. The predicted octanol–water partition coefficient (Wildman–Crippen LogP) is 3.10.